The van der Waals surface area contributed by atoms with E-state index in [1.807, 2.05) is 12.1 Å². The molecule has 5 rings (SSSR count). The van der Waals surface area contributed by atoms with Gasteiger partial charge in [0.05, 0.1) is 12.1 Å². The molecule has 0 radical (unpaired) electrons. The Balaban J connectivity index is 1.05. The van der Waals surface area contributed by atoms with Gasteiger partial charge in [0, 0.05) is 68.2 Å². The zero-order chi connectivity index (χ0) is 23.3. The SMILES string of the molecule is CCCn1ccc2c(N3CCN(CCCCOc4ccc5c(c4)NC(=O)CC5)CC3)cccc21. The van der Waals surface area contributed by atoms with Crippen LogP contribution in [0.4, 0.5) is 11.4 Å². The molecule has 2 aliphatic rings. The minimum Gasteiger partial charge on any atom is -0.494 e. The van der Waals surface area contributed by atoms with Gasteiger partial charge in [0.25, 0.3) is 0 Å². The highest BCUT2D eigenvalue weighted by molar-refractivity contribution is 5.94. The van der Waals surface area contributed by atoms with Gasteiger partial charge in [0.15, 0.2) is 0 Å². The van der Waals surface area contributed by atoms with E-state index in [0.29, 0.717) is 13.0 Å². The maximum Gasteiger partial charge on any atom is 0.224 e. The van der Waals surface area contributed by atoms with Gasteiger partial charge < -0.3 is 19.5 Å². The third-order valence-electron chi connectivity index (χ3n) is 7.08. The van der Waals surface area contributed by atoms with Crippen molar-refractivity contribution in [1.82, 2.24) is 9.47 Å². The van der Waals surface area contributed by atoms with Crippen LogP contribution in [0, 0.1) is 0 Å². The number of unbranched alkanes of at least 4 members (excludes halogenated alkanes) is 1. The number of nitrogens with one attached hydrogen (secondary N) is 1. The van der Waals surface area contributed by atoms with E-state index in [4.69, 9.17) is 4.74 Å². The third-order valence-corrected chi connectivity index (χ3v) is 7.08. The molecule has 2 aromatic carbocycles. The van der Waals surface area contributed by atoms with Crippen molar-refractivity contribution in [2.24, 2.45) is 0 Å². The highest BCUT2D eigenvalue weighted by atomic mass is 16.5. The number of hydrogen-bond donors (Lipinski definition) is 1. The predicted octanol–water partition coefficient (Wildman–Crippen LogP) is 4.92. The molecule has 6 nitrogen and oxygen atoms in total. The number of rotatable bonds is 9. The molecule has 1 amide bonds. The Kier molecular flexibility index (Phi) is 7.05. The number of nitrogens with zero attached hydrogens (tertiary/aromatic N) is 3. The van der Waals surface area contributed by atoms with Gasteiger partial charge in [-0.1, -0.05) is 19.1 Å². The minimum absolute atomic E-state index is 0.0938. The van der Waals surface area contributed by atoms with Crippen LogP contribution in [0.15, 0.2) is 48.7 Å². The number of aryl methyl sites for hydroxylation is 2. The molecule has 1 fully saturated rings. The van der Waals surface area contributed by atoms with Crippen LogP contribution in [0.2, 0.25) is 0 Å². The van der Waals surface area contributed by atoms with Crippen molar-refractivity contribution in [1.29, 1.82) is 0 Å². The van der Waals surface area contributed by atoms with Gasteiger partial charge in [-0.05, 0) is 62.1 Å². The summed E-state index contributed by atoms with van der Waals surface area (Å²) in [6, 6.07) is 15.1. The van der Waals surface area contributed by atoms with Crippen molar-refractivity contribution >= 4 is 28.2 Å². The topological polar surface area (TPSA) is 49.7 Å². The Morgan fingerprint density at radius 3 is 2.71 bits per heavy atom. The van der Waals surface area contributed by atoms with E-state index < -0.39 is 0 Å². The summed E-state index contributed by atoms with van der Waals surface area (Å²) < 4.78 is 8.32. The summed E-state index contributed by atoms with van der Waals surface area (Å²) in [6.07, 6.45) is 6.95. The molecular formula is C28H36N4O2. The molecule has 180 valence electrons. The summed E-state index contributed by atoms with van der Waals surface area (Å²) in [7, 11) is 0. The summed E-state index contributed by atoms with van der Waals surface area (Å²) in [5.41, 5.74) is 4.83. The number of piperazine rings is 1. The number of carbonyl (C=O) groups excluding carboxylic acids is 1. The average Bonchev–Trinajstić information content (AvgIpc) is 3.27. The molecule has 0 aliphatic carbocycles. The lowest BCUT2D eigenvalue weighted by Crippen LogP contribution is -2.46. The Morgan fingerprint density at radius 2 is 1.85 bits per heavy atom. The summed E-state index contributed by atoms with van der Waals surface area (Å²) in [5.74, 6) is 0.938. The fourth-order valence-corrected chi connectivity index (χ4v) is 5.20. The van der Waals surface area contributed by atoms with Crippen LogP contribution >= 0.6 is 0 Å². The van der Waals surface area contributed by atoms with Crippen LogP contribution in [0.25, 0.3) is 10.9 Å². The number of fused-ring (bicyclic) bond motifs is 2. The maximum atomic E-state index is 11.6. The van der Waals surface area contributed by atoms with Gasteiger partial charge in [0.2, 0.25) is 5.91 Å². The van der Waals surface area contributed by atoms with E-state index in [1.54, 1.807) is 0 Å². The molecule has 1 aromatic heterocycles. The monoisotopic (exact) mass is 460 g/mol. The number of benzene rings is 2. The molecule has 0 unspecified atom stereocenters. The van der Waals surface area contributed by atoms with Gasteiger partial charge >= 0.3 is 0 Å². The van der Waals surface area contributed by atoms with Crippen LogP contribution in [0.5, 0.6) is 5.75 Å². The standard InChI is InChI=1S/C28H36N4O2/c1-2-13-31-15-12-24-26(31)6-5-7-27(24)32-18-16-30(17-19-32)14-3-4-20-34-23-10-8-22-9-11-28(33)29-25(22)21-23/h5-8,10,12,15,21H,2-4,9,11,13-14,16-20H2,1H3,(H,29,33). The van der Waals surface area contributed by atoms with Gasteiger partial charge in [-0.25, -0.2) is 0 Å². The smallest absolute Gasteiger partial charge is 0.224 e. The lowest BCUT2D eigenvalue weighted by molar-refractivity contribution is -0.116. The van der Waals surface area contributed by atoms with E-state index in [2.05, 4.69) is 63.1 Å². The Labute approximate surface area is 202 Å². The van der Waals surface area contributed by atoms with Gasteiger partial charge in [-0.2, -0.15) is 0 Å². The van der Waals surface area contributed by atoms with Gasteiger partial charge in [0.1, 0.15) is 5.75 Å². The van der Waals surface area contributed by atoms with Crippen LogP contribution in [-0.4, -0.2) is 54.7 Å². The summed E-state index contributed by atoms with van der Waals surface area (Å²) in [5, 5.41) is 4.32. The van der Waals surface area contributed by atoms with Crippen LogP contribution in [0.3, 0.4) is 0 Å². The molecule has 6 heteroatoms. The van der Waals surface area contributed by atoms with E-state index in [0.717, 1.165) is 76.4 Å². The molecule has 34 heavy (non-hydrogen) atoms. The zero-order valence-corrected chi connectivity index (χ0v) is 20.3. The minimum atomic E-state index is 0.0938. The van der Waals surface area contributed by atoms with E-state index in [9.17, 15) is 4.79 Å². The molecular weight excluding hydrogens is 424 g/mol. The molecule has 2 aliphatic heterocycles. The molecule has 0 saturated carbocycles. The quantitative estimate of drug-likeness (QED) is 0.461. The lowest BCUT2D eigenvalue weighted by Gasteiger charge is -2.36. The number of aromatic nitrogens is 1. The number of anilines is 2. The second-order valence-corrected chi connectivity index (χ2v) is 9.47. The highest BCUT2D eigenvalue weighted by Crippen LogP contribution is 2.29. The summed E-state index contributed by atoms with van der Waals surface area (Å²) in [4.78, 5) is 16.7. The first-order valence-corrected chi connectivity index (χ1v) is 12.8. The number of ether oxygens (including phenoxy) is 1. The van der Waals surface area contributed by atoms with E-state index in [-0.39, 0.29) is 5.91 Å². The van der Waals surface area contributed by atoms with Gasteiger partial charge in [-0.3, -0.25) is 9.69 Å². The molecule has 0 spiro atoms. The van der Waals surface area contributed by atoms with E-state index >= 15 is 0 Å². The fraction of sp³-hybridized carbons (Fsp3) is 0.464. The van der Waals surface area contributed by atoms with E-state index in [1.165, 1.54) is 22.2 Å². The molecule has 0 atom stereocenters. The highest BCUT2D eigenvalue weighted by Gasteiger charge is 2.19. The Hall–Kier alpha value is -2.99. The molecule has 1 saturated heterocycles. The summed E-state index contributed by atoms with van der Waals surface area (Å²) >= 11 is 0. The third kappa shape index (κ3) is 5.07. The fourth-order valence-electron chi connectivity index (χ4n) is 5.20. The normalized spacial score (nSPS) is 16.5. The molecule has 3 aromatic rings. The van der Waals surface area contributed by atoms with Gasteiger partial charge in [-0.15, -0.1) is 0 Å². The molecule has 3 heterocycles. The second kappa shape index (κ2) is 10.5. The number of carbonyl (C=O) groups is 1. The molecule has 0 bridgehead atoms. The first-order chi connectivity index (χ1) is 16.7. The first-order valence-electron chi connectivity index (χ1n) is 12.8. The average molecular weight is 461 g/mol. The van der Waals surface area contributed by atoms with Crippen molar-refractivity contribution in [2.75, 3.05) is 49.5 Å². The maximum absolute atomic E-state index is 11.6. The zero-order valence-electron chi connectivity index (χ0n) is 20.3. The second-order valence-electron chi connectivity index (χ2n) is 9.47. The van der Waals surface area contributed by atoms with Crippen LogP contribution in [-0.2, 0) is 17.8 Å². The van der Waals surface area contributed by atoms with Crippen molar-refractivity contribution in [3.63, 3.8) is 0 Å². The van der Waals surface area contributed by atoms with Crippen LogP contribution < -0.4 is 15.0 Å². The summed E-state index contributed by atoms with van der Waals surface area (Å²) in [6.45, 7) is 9.51. The molecule has 1 N–H and O–H groups in total. The van der Waals surface area contributed by atoms with Crippen molar-refractivity contribution in [3.05, 3.63) is 54.2 Å². The first kappa shape index (κ1) is 22.8. The lowest BCUT2D eigenvalue weighted by atomic mass is 10.0. The Morgan fingerprint density at radius 1 is 0.971 bits per heavy atom. The number of amides is 1. The Bertz CT molecular complexity index is 1130. The number of hydrogen-bond acceptors (Lipinski definition) is 4. The van der Waals surface area contributed by atoms with Crippen molar-refractivity contribution < 1.29 is 9.53 Å². The van der Waals surface area contributed by atoms with Crippen molar-refractivity contribution in [3.8, 4) is 5.75 Å². The van der Waals surface area contributed by atoms with Crippen LogP contribution in [0.1, 0.15) is 38.2 Å². The predicted molar refractivity (Wildman–Crippen MR) is 139 cm³/mol. The van der Waals surface area contributed by atoms with Crippen molar-refractivity contribution in [2.45, 2.75) is 45.6 Å². The largest absolute Gasteiger partial charge is 0.494 e.